The Morgan fingerprint density at radius 2 is 0.418 bits per heavy atom. The highest BCUT2D eigenvalue weighted by atomic mass is 32.2. The van der Waals surface area contributed by atoms with Crippen molar-refractivity contribution in [2.75, 3.05) is 14.7 Å². The topological polar surface area (TPSA) is 28.2 Å². The Bertz CT molecular complexity index is 6960. The summed E-state index contributed by atoms with van der Waals surface area (Å²) in [6.07, 6.45) is 0. The van der Waals surface area contributed by atoms with Crippen LogP contribution < -0.4 is 34.5 Å². The molecule has 0 saturated carbocycles. The average molecular weight is 1850 g/mol. The van der Waals surface area contributed by atoms with Crippen molar-refractivity contribution in [1.29, 1.82) is 0 Å². The number of hydrogen-bond donors (Lipinski definition) is 0. The van der Waals surface area contributed by atoms with Gasteiger partial charge in [0.15, 0.2) is 0 Å². The molecule has 21 aromatic rings. The number of anilines is 9. The molecule has 0 aliphatic carbocycles. The van der Waals surface area contributed by atoms with Crippen LogP contribution in [0.25, 0.3) is 100 Å². The summed E-state index contributed by atoms with van der Waals surface area (Å²) >= 11 is 1.90. The molecule has 0 fully saturated rings. The molecular weight excluding hydrogens is 1740 g/mol. The smallest absolute Gasteiger partial charge is 0.139 e. The molecular formula is C134H105N3O2SSi. The van der Waals surface area contributed by atoms with Crippen molar-refractivity contribution in [1.82, 2.24) is 0 Å². The van der Waals surface area contributed by atoms with Gasteiger partial charge in [-0.1, -0.05) is 453 Å². The lowest BCUT2D eigenvalue weighted by molar-refractivity contribution is 0.419. The van der Waals surface area contributed by atoms with Crippen LogP contribution in [0.5, 0.6) is 23.0 Å². The first-order chi connectivity index (χ1) is 69.2. The molecule has 5 nitrogen and oxygen atoms in total. The summed E-state index contributed by atoms with van der Waals surface area (Å²) in [7, 11) is -1.90. The van der Waals surface area contributed by atoms with E-state index in [1.807, 2.05) is 17.8 Å². The van der Waals surface area contributed by atoms with Crippen molar-refractivity contribution in [2.24, 2.45) is 0 Å². The van der Waals surface area contributed by atoms with Crippen LogP contribution in [0.15, 0.2) is 538 Å². The van der Waals surface area contributed by atoms with E-state index < -0.39 is 8.07 Å². The highest BCUT2D eigenvalue weighted by Crippen LogP contribution is 2.55. The van der Waals surface area contributed by atoms with Crippen LogP contribution in [0.4, 0.5) is 51.2 Å². The second-order valence-corrected chi connectivity index (χ2v) is 43.2. The zero-order valence-corrected chi connectivity index (χ0v) is 81.6. The molecule has 0 amide bonds. The third-order valence-corrected chi connectivity index (χ3v) is 32.8. The lowest BCUT2D eigenvalue weighted by atomic mass is 9.75. The Morgan fingerprint density at radius 1 is 0.184 bits per heavy atom. The lowest BCUT2D eigenvalue weighted by Gasteiger charge is -2.35. The second-order valence-electron chi connectivity index (χ2n) is 37.8. The van der Waals surface area contributed by atoms with Crippen LogP contribution >= 0.6 is 11.8 Å². The van der Waals surface area contributed by atoms with Crippen LogP contribution in [0.2, 0.25) is 13.1 Å². The second kappa shape index (κ2) is 39.0. The summed E-state index contributed by atoms with van der Waals surface area (Å²) in [5.41, 5.74) is 36.5. The van der Waals surface area contributed by atoms with Gasteiger partial charge in [0.25, 0.3) is 0 Å². The summed E-state index contributed by atoms with van der Waals surface area (Å²) < 4.78 is 13.2. The average Bonchev–Trinajstić information content (AvgIpc) is 0.743. The molecule has 0 spiro atoms. The minimum Gasteiger partial charge on any atom is -0.457 e. The summed E-state index contributed by atoms with van der Waals surface area (Å²) in [5, 5.41) is 2.70. The van der Waals surface area contributed by atoms with E-state index >= 15 is 0 Å². The Hall–Kier alpha value is -16.8. The summed E-state index contributed by atoms with van der Waals surface area (Å²) in [6, 6.07) is 189. The molecule has 678 valence electrons. The van der Waals surface area contributed by atoms with Gasteiger partial charge in [-0.15, -0.1) is 0 Å². The first-order valence-electron chi connectivity index (χ1n) is 48.6. The molecule has 3 aliphatic rings. The maximum absolute atomic E-state index is 6.63. The van der Waals surface area contributed by atoms with Crippen molar-refractivity contribution >= 4 is 81.4 Å². The van der Waals surface area contributed by atoms with E-state index in [1.54, 1.807) is 0 Å². The zero-order chi connectivity index (χ0) is 95.4. The molecule has 0 unspecified atom stereocenters. The lowest BCUT2D eigenvalue weighted by Crippen LogP contribution is -2.56. The molecule has 0 saturated heterocycles. The minimum atomic E-state index is -1.90. The van der Waals surface area contributed by atoms with Gasteiger partial charge in [0, 0.05) is 94.1 Å². The third-order valence-electron chi connectivity index (χ3n) is 28.1. The molecule has 0 bridgehead atoms. The predicted octanol–water partition coefficient (Wildman–Crippen LogP) is 36.6. The van der Waals surface area contributed by atoms with Crippen LogP contribution in [0, 0.1) is 0 Å². The molecule has 3 aliphatic heterocycles. The van der Waals surface area contributed by atoms with Crippen molar-refractivity contribution in [3.63, 3.8) is 0 Å². The first kappa shape index (κ1) is 89.4. The van der Waals surface area contributed by atoms with Crippen LogP contribution in [0.1, 0.15) is 49.9 Å². The van der Waals surface area contributed by atoms with Gasteiger partial charge in [0.1, 0.15) is 31.1 Å². The molecule has 0 aromatic heterocycles. The van der Waals surface area contributed by atoms with Gasteiger partial charge in [-0.3, -0.25) is 0 Å². The Morgan fingerprint density at radius 3 is 0.773 bits per heavy atom. The van der Waals surface area contributed by atoms with E-state index in [0.717, 1.165) is 96.4 Å². The normalized spacial score (nSPS) is 12.9. The molecule has 141 heavy (non-hydrogen) atoms. The largest absolute Gasteiger partial charge is 0.457 e. The SMILES string of the molecule is CC1(C)c2ccccc2Oc2c(-c3ccc(N(c4ccc(-c5ccccc5)cc4)c4ccc(-c5ccccc5)cc4)cc3)cccc21.CC1(C)c2ccccc2Sc2c(-c3ccc(N(c4ccc(-c5ccccc5)cc4)c4ccc(-c5ccccc5)cc4)cc3)cccc21.C[Si]1(C)c2ccccc2Oc2c(-c3ccc(N(c4ccc(-c5ccccc5)cc4)c4ccc(-c5ccccc5)cc4)cc3)cccc21. The van der Waals surface area contributed by atoms with Crippen LogP contribution in [-0.4, -0.2) is 8.07 Å². The number of fused-ring (bicyclic) bond motifs is 6. The maximum Gasteiger partial charge on any atom is 0.139 e. The monoisotopic (exact) mass is 1850 g/mol. The number of hydrogen-bond acceptors (Lipinski definition) is 6. The first-order valence-corrected chi connectivity index (χ1v) is 52.4. The molecule has 21 aromatic carbocycles. The number of ether oxygens (including phenoxy) is 2. The summed E-state index contributed by atoms with van der Waals surface area (Å²) in [4.78, 5) is 9.70. The fraction of sp³-hybridized carbons (Fsp3) is 0.0597. The van der Waals surface area contributed by atoms with Gasteiger partial charge in [0.2, 0.25) is 0 Å². The number of nitrogens with zero attached hydrogens (tertiary/aromatic N) is 3. The third kappa shape index (κ3) is 18.1. The number of rotatable bonds is 18. The van der Waals surface area contributed by atoms with Gasteiger partial charge in [0.05, 0.1) is 0 Å². The molecule has 0 radical (unpaired) electrons. The van der Waals surface area contributed by atoms with Crippen LogP contribution in [-0.2, 0) is 10.8 Å². The van der Waals surface area contributed by atoms with E-state index in [2.05, 4.69) is 577 Å². The van der Waals surface area contributed by atoms with Gasteiger partial charge in [-0.05, 0) is 238 Å². The highest BCUT2D eigenvalue weighted by Gasteiger charge is 2.39. The van der Waals surface area contributed by atoms with E-state index in [9.17, 15) is 0 Å². The molecule has 3 heterocycles. The standard InChI is InChI=1S/C45H35NO.C45H35NS.C44H35NOSi/c2*1-45(2)41-17-9-10-19-43(41)47-44-40(16-11-18-42(44)45)36-24-30-39(31-25-36)46(37-26-20-34(21-27-37)32-12-5-3-6-13-32)38-28-22-35(23-29-38)33-14-7-4-8-15-33;1-47(2)42-18-10-9-17-41(42)46-44-40(16-11-19-43(44)47)36-24-30-39(31-25-36)45(37-26-20-34(21-27-37)32-12-5-3-6-13-32)38-28-22-35(23-29-38)33-14-7-4-8-15-33/h3*3-31H,1-2H3. The number of benzene rings is 21. The summed E-state index contributed by atoms with van der Waals surface area (Å²) in [5.74, 6) is 3.86. The molecule has 7 heteroatoms. The van der Waals surface area contributed by atoms with Gasteiger partial charge in [-0.25, -0.2) is 0 Å². The highest BCUT2D eigenvalue weighted by molar-refractivity contribution is 7.99. The fourth-order valence-corrected chi connectivity index (χ4v) is 24.7. The van der Waals surface area contributed by atoms with E-state index in [-0.39, 0.29) is 10.8 Å². The van der Waals surface area contributed by atoms with Gasteiger partial charge in [-0.2, -0.15) is 0 Å². The number of para-hydroxylation sites is 4. The maximum atomic E-state index is 6.63. The molecule has 0 N–H and O–H groups in total. The quantitative estimate of drug-likeness (QED) is 0.0795. The molecule has 0 atom stereocenters. The Labute approximate surface area is 833 Å². The zero-order valence-electron chi connectivity index (χ0n) is 79.8. The van der Waals surface area contributed by atoms with Gasteiger partial charge < -0.3 is 24.2 Å². The van der Waals surface area contributed by atoms with Crippen molar-refractivity contribution in [3.8, 4) is 123 Å². The van der Waals surface area contributed by atoms with E-state index in [4.69, 9.17) is 9.47 Å². The van der Waals surface area contributed by atoms with Crippen molar-refractivity contribution < 1.29 is 9.47 Å². The van der Waals surface area contributed by atoms with E-state index in [1.165, 1.54) is 120 Å². The molecule has 24 rings (SSSR count). The van der Waals surface area contributed by atoms with Crippen molar-refractivity contribution in [2.45, 2.75) is 61.4 Å². The predicted molar refractivity (Wildman–Crippen MR) is 597 cm³/mol. The summed E-state index contributed by atoms with van der Waals surface area (Å²) in [6.45, 7) is 14.1. The fourth-order valence-electron chi connectivity index (χ4n) is 20.4. The van der Waals surface area contributed by atoms with Crippen LogP contribution in [0.3, 0.4) is 0 Å². The minimum absolute atomic E-state index is 0.0538. The van der Waals surface area contributed by atoms with Gasteiger partial charge >= 0.3 is 0 Å². The van der Waals surface area contributed by atoms with E-state index in [0.29, 0.717) is 0 Å². The Balaban J connectivity index is 0.000000121. The Kier molecular flexibility index (Phi) is 24.7. The van der Waals surface area contributed by atoms with Crippen molar-refractivity contribution in [3.05, 3.63) is 550 Å².